The summed E-state index contributed by atoms with van der Waals surface area (Å²) in [5.41, 5.74) is 0.261. The van der Waals surface area contributed by atoms with E-state index < -0.39 is 5.97 Å². The lowest BCUT2D eigenvalue weighted by atomic mass is 9.94. The van der Waals surface area contributed by atoms with Crippen molar-refractivity contribution in [2.75, 3.05) is 0 Å². The first kappa shape index (κ1) is 12.7. The van der Waals surface area contributed by atoms with Crippen LogP contribution in [0.5, 0.6) is 0 Å². The van der Waals surface area contributed by atoms with Gasteiger partial charge in [-0.2, -0.15) is 0 Å². The van der Waals surface area contributed by atoms with Crippen LogP contribution in [0.4, 0.5) is 0 Å². The Bertz CT molecular complexity index is 239. The first-order valence-electron chi connectivity index (χ1n) is 4.84. The summed E-state index contributed by atoms with van der Waals surface area (Å²) in [6.45, 7) is 9.21. The van der Waals surface area contributed by atoms with Crippen LogP contribution in [0.25, 0.3) is 0 Å². The quantitative estimate of drug-likeness (QED) is 0.499. The maximum Gasteiger partial charge on any atom is 0.331 e. The molecule has 0 saturated heterocycles. The van der Waals surface area contributed by atoms with Crippen LogP contribution in [0.2, 0.25) is 0 Å². The van der Waals surface area contributed by atoms with Gasteiger partial charge in [0.1, 0.15) is 0 Å². The molecule has 2 heteroatoms. The molecule has 0 aliphatic carbocycles. The predicted octanol–water partition coefficient (Wildman–Crippen LogP) is 3.18. The van der Waals surface area contributed by atoms with E-state index in [4.69, 9.17) is 5.11 Å². The molecule has 0 aliphatic rings. The number of rotatable bonds is 7. The molecule has 1 unspecified atom stereocenters. The van der Waals surface area contributed by atoms with Crippen LogP contribution in [-0.2, 0) is 4.79 Å². The largest absolute Gasteiger partial charge is 0.478 e. The molecular weight excluding hydrogens is 176 g/mol. The minimum atomic E-state index is -0.917. The summed E-state index contributed by atoms with van der Waals surface area (Å²) in [7, 11) is 0. The molecule has 14 heavy (non-hydrogen) atoms. The highest BCUT2D eigenvalue weighted by atomic mass is 16.4. The van der Waals surface area contributed by atoms with Crippen LogP contribution in [0.1, 0.15) is 26.2 Å². The van der Waals surface area contributed by atoms with Crippen molar-refractivity contribution in [1.29, 1.82) is 0 Å². The number of allylic oxidation sites excluding steroid dienone is 3. The summed E-state index contributed by atoms with van der Waals surface area (Å²) in [4.78, 5) is 10.7. The average molecular weight is 194 g/mol. The summed E-state index contributed by atoms with van der Waals surface area (Å²) in [6, 6.07) is 0. The van der Waals surface area contributed by atoms with Crippen molar-refractivity contribution in [3.05, 3.63) is 37.0 Å². The van der Waals surface area contributed by atoms with Gasteiger partial charge in [-0.3, -0.25) is 0 Å². The molecule has 0 amide bonds. The minimum Gasteiger partial charge on any atom is -0.478 e. The van der Waals surface area contributed by atoms with E-state index in [0.717, 1.165) is 19.3 Å². The molecule has 0 rings (SSSR count). The van der Waals surface area contributed by atoms with E-state index in [1.165, 1.54) is 0 Å². The van der Waals surface area contributed by atoms with Gasteiger partial charge in [0.2, 0.25) is 0 Å². The lowest BCUT2D eigenvalue weighted by Gasteiger charge is -2.11. The zero-order valence-corrected chi connectivity index (χ0v) is 8.70. The van der Waals surface area contributed by atoms with E-state index in [2.05, 4.69) is 20.1 Å². The Morgan fingerprint density at radius 2 is 2.21 bits per heavy atom. The van der Waals surface area contributed by atoms with Crippen molar-refractivity contribution in [3.8, 4) is 0 Å². The van der Waals surface area contributed by atoms with Crippen LogP contribution in [-0.4, -0.2) is 11.1 Å². The maximum absolute atomic E-state index is 10.7. The number of hydrogen-bond donors (Lipinski definition) is 1. The number of hydrogen-bond acceptors (Lipinski definition) is 1. The zero-order valence-electron chi connectivity index (χ0n) is 8.70. The van der Waals surface area contributed by atoms with Gasteiger partial charge in [-0.05, 0) is 6.42 Å². The van der Waals surface area contributed by atoms with Gasteiger partial charge < -0.3 is 5.11 Å². The first-order chi connectivity index (χ1) is 6.63. The van der Waals surface area contributed by atoms with Crippen LogP contribution in [0.15, 0.2) is 37.0 Å². The Morgan fingerprint density at radius 1 is 1.57 bits per heavy atom. The molecule has 1 N–H and O–H groups in total. The lowest BCUT2D eigenvalue weighted by molar-refractivity contribution is -0.133. The second kappa shape index (κ2) is 7.13. The van der Waals surface area contributed by atoms with Gasteiger partial charge >= 0.3 is 5.97 Å². The van der Waals surface area contributed by atoms with Gasteiger partial charge in [-0.15, -0.1) is 0 Å². The summed E-state index contributed by atoms with van der Waals surface area (Å²) in [5.74, 6) is -0.981. The van der Waals surface area contributed by atoms with Gasteiger partial charge in [0.05, 0.1) is 0 Å². The number of aliphatic carboxylic acids is 1. The molecule has 0 radical (unpaired) electrons. The normalized spacial score (nSPS) is 12.6. The Kier molecular flexibility index (Phi) is 6.46. The number of carboxylic acid groups (broad SMARTS) is 1. The predicted molar refractivity (Wildman–Crippen MR) is 59.1 cm³/mol. The molecule has 1 atom stereocenters. The number of unbranched alkanes of at least 4 members (excludes halogenated alkanes) is 1. The summed E-state index contributed by atoms with van der Waals surface area (Å²) >= 11 is 0. The summed E-state index contributed by atoms with van der Waals surface area (Å²) in [6.07, 6.45) is 8.18. The molecule has 2 nitrogen and oxygen atoms in total. The highest BCUT2D eigenvalue weighted by Gasteiger charge is 2.14. The molecule has 0 saturated carbocycles. The van der Waals surface area contributed by atoms with E-state index in [9.17, 15) is 4.79 Å². The Hall–Kier alpha value is -1.31. The molecule has 0 spiro atoms. The fraction of sp³-hybridized carbons (Fsp3) is 0.417. The fourth-order valence-corrected chi connectivity index (χ4v) is 1.18. The van der Waals surface area contributed by atoms with E-state index >= 15 is 0 Å². The summed E-state index contributed by atoms with van der Waals surface area (Å²) < 4.78 is 0. The van der Waals surface area contributed by atoms with Gasteiger partial charge in [0.25, 0.3) is 0 Å². The molecular formula is C12H18O2. The Morgan fingerprint density at radius 3 is 2.64 bits per heavy atom. The van der Waals surface area contributed by atoms with Gasteiger partial charge in [0.15, 0.2) is 0 Å². The molecule has 0 bridgehead atoms. The van der Waals surface area contributed by atoms with Gasteiger partial charge in [-0.25, -0.2) is 4.79 Å². The smallest absolute Gasteiger partial charge is 0.331 e. The third kappa shape index (κ3) is 4.65. The second-order valence-corrected chi connectivity index (χ2v) is 3.20. The zero-order chi connectivity index (χ0) is 11.0. The standard InChI is InChI=1S/C12H18O2/c1-4-6-8-11(9-7-5-2)10(3)12(13)14/h4,6,8,11H,1,3,5,7,9H2,2H3,(H,13,14). The fourth-order valence-electron chi connectivity index (χ4n) is 1.18. The van der Waals surface area contributed by atoms with E-state index in [-0.39, 0.29) is 11.5 Å². The molecule has 0 aliphatic heterocycles. The SMILES string of the molecule is C=CC=CC(CCCC)C(=C)C(=O)O. The van der Waals surface area contributed by atoms with Crippen molar-refractivity contribution in [2.24, 2.45) is 5.92 Å². The lowest BCUT2D eigenvalue weighted by Crippen LogP contribution is -2.09. The number of carboxylic acids is 1. The van der Waals surface area contributed by atoms with Crippen LogP contribution >= 0.6 is 0 Å². The molecule has 0 aromatic heterocycles. The monoisotopic (exact) mass is 194 g/mol. The highest BCUT2D eigenvalue weighted by molar-refractivity contribution is 5.86. The van der Waals surface area contributed by atoms with Crippen molar-refractivity contribution in [2.45, 2.75) is 26.2 Å². The van der Waals surface area contributed by atoms with Crippen LogP contribution < -0.4 is 0 Å². The average Bonchev–Trinajstić information content (AvgIpc) is 2.17. The second-order valence-electron chi connectivity index (χ2n) is 3.20. The van der Waals surface area contributed by atoms with Crippen LogP contribution in [0, 0.1) is 5.92 Å². The van der Waals surface area contributed by atoms with E-state index in [0.29, 0.717) is 0 Å². The highest BCUT2D eigenvalue weighted by Crippen LogP contribution is 2.18. The maximum atomic E-state index is 10.7. The van der Waals surface area contributed by atoms with Gasteiger partial charge in [0, 0.05) is 11.5 Å². The molecule has 78 valence electrons. The van der Waals surface area contributed by atoms with Crippen LogP contribution in [0.3, 0.4) is 0 Å². The molecule has 0 fully saturated rings. The molecule has 0 aromatic rings. The first-order valence-corrected chi connectivity index (χ1v) is 4.84. The summed E-state index contributed by atoms with van der Waals surface area (Å²) in [5, 5.41) is 8.79. The van der Waals surface area contributed by atoms with Gasteiger partial charge in [-0.1, -0.05) is 51.2 Å². The van der Waals surface area contributed by atoms with E-state index in [1.807, 2.05) is 6.08 Å². The van der Waals surface area contributed by atoms with Crippen molar-refractivity contribution in [1.82, 2.24) is 0 Å². The Balaban J connectivity index is 4.37. The van der Waals surface area contributed by atoms with E-state index in [1.54, 1.807) is 12.2 Å². The van der Waals surface area contributed by atoms with Crippen molar-refractivity contribution >= 4 is 5.97 Å². The molecule has 0 aromatic carbocycles. The molecule has 0 heterocycles. The third-order valence-electron chi connectivity index (χ3n) is 2.07. The van der Waals surface area contributed by atoms with Crippen molar-refractivity contribution < 1.29 is 9.90 Å². The van der Waals surface area contributed by atoms with Crippen molar-refractivity contribution in [3.63, 3.8) is 0 Å². The minimum absolute atomic E-state index is 0.0644. The third-order valence-corrected chi connectivity index (χ3v) is 2.07. The number of carbonyl (C=O) groups is 1. The Labute approximate surface area is 85.6 Å². The topological polar surface area (TPSA) is 37.3 Å².